The Morgan fingerprint density at radius 3 is 2.03 bits per heavy atom. The Labute approximate surface area is 196 Å². The van der Waals surface area contributed by atoms with Crippen molar-refractivity contribution in [1.29, 1.82) is 0 Å². The van der Waals surface area contributed by atoms with Crippen LogP contribution in [-0.2, 0) is 24.0 Å². The molecule has 0 fully saturated rings. The molecule has 188 valence electrons. The fourth-order valence-corrected chi connectivity index (χ4v) is 2.98. The molecule has 12 N–H and O–H groups in total. The van der Waals surface area contributed by atoms with E-state index >= 15 is 0 Å². The van der Waals surface area contributed by atoms with Crippen molar-refractivity contribution in [3.05, 3.63) is 0 Å². The van der Waals surface area contributed by atoms with Gasteiger partial charge in [0, 0.05) is 6.54 Å². The molecule has 0 aromatic carbocycles. The van der Waals surface area contributed by atoms with E-state index < -0.39 is 60.2 Å². The van der Waals surface area contributed by atoms with Gasteiger partial charge >= 0.3 is 5.97 Å². The Balaban J connectivity index is 5.41. The van der Waals surface area contributed by atoms with Gasteiger partial charge in [-0.25, -0.2) is 0 Å². The van der Waals surface area contributed by atoms with E-state index in [0.29, 0.717) is 12.2 Å². The molecule has 0 aromatic rings. The minimum Gasteiger partial charge on any atom is -0.480 e. The number of aliphatic carboxylic acids is 1. The molecule has 0 heterocycles. The van der Waals surface area contributed by atoms with Gasteiger partial charge in [0.1, 0.15) is 18.1 Å². The van der Waals surface area contributed by atoms with Gasteiger partial charge in [-0.1, -0.05) is 0 Å². The Bertz CT molecular complexity index is 731. The molecular formula is C18H34N8O6S. The highest BCUT2D eigenvalue weighted by molar-refractivity contribution is 7.98. The second-order valence-electron chi connectivity index (χ2n) is 7.20. The highest BCUT2D eigenvalue weighted by Gasteiger charge is 2.30. The average Bonchev–Trinajstić information content (AvgIpc) is 2.72. The topological polar surface area (TPSA) is 258 Å². The highest BCUT2D eigenvalue weighted by Crippen LogP contribution is 2.04. The van der Waals surface area contributed by atoms with Gasteiger partial charge in [-0.15, -0.1) is 0 Å². The summed E-state index contributed by atoms with van der Waals surface area (Å²) in [6.07, 6.45) is 1.98. The lowest BCUT2D eigenvalue weighted by Crippen LogP contribution is -2.57. The van der Waals surface area contributed by atoms with E-state index in [1.54, 1.807) is 0 Å². The summed E-state index contributed by atoms with van der Waals surface area (Å²) in [7, 11) is 0. The molecule has 0 saturated carbocycles. The summed E-state index contributed by atoms with van der Waals surface area (Å²) in [5.41, 5.74) is 21.5. The molecular weight excluding hydrogens is 456 g/mol. The minimum atomic E-state index is -1.37. The van der Waals surface area contributed by atoms with Crippen LogP contribution in [0.4, 0.5) is 0 Å². The van der Waals surface area contributed by atoms with Gasteiger partial charge < -0.3 is 44.0 Å². The number of carboxylic acid groups (broad SMARTS) is 1. The number of hydrogen-bond acceptors (Lipinski definition) is 8. The van der Waals surface area contributed by atoms with Gasteiger partial charge in [-0.05, 0) is 38.2 Å². The monoisotopic (exact) mass is 490 g/mol. The number of nitrogens with two attached hydrogens (primary N) is 4. The summed E-state index contributed by atoms with van der Waals surface area (Å²) in [6.45, 7) is 1.41. The fraction of sp³-hybridized carbons (Fsp3) is 0.667. The van der Waals surface area contributed by atoms with Gasteiger partial charge in [0.2, 0.25) is 23.6 Å². The van der Waals surface area contributed by atoms with Crippen molar-refractivity contribution < 1.29 is 29.1 Å². The number of carboxylic acids is 1. The van der Waals surface area contributed by atoms with E-state index in [9.17, 15) is 24.0 Å². The lowest BCUT2D eigenvalue weighted by molar-refractivity contribution is -0.142. The zero-order valence-corrected chi connectivity index (χ0v) is 19.5. The fourth-order valence-electron chi connectivity index (χ4n) is 2.49. The van der Waals surface area contributed by atoms with E-state index in [4.69, 9.17) is 28.0 Å². The number of carbonyl (C=O) groups excluding carboxylic acids is 4. The van der Waals surface area contributed by atoms with Crippen LogP contribution in [0, 0.1) is 0 Å². The van der Waals surface area contributed by atoms with Crippen molar-refractivity contribution in [1.82, 2.24) is 16.0 Å². The predicted molar refractivity (Wildman–Crippen MR) is 124 cm³/mol. The van der Waals surface area contributed by atoms with Crippen molar-refractivity contribution in [2.24, 2.45) is 27.9 Å². The van der Waals surface area contributed by atoms with Crippen LogP contribution in [0.15, 0.2) is 4.99 Å². The summed E-state index contributed by atoms with van der Waals surface area (Å²) in [5, 5.41) is 16.1. The summed E-state index contributed by atoms with van der Waals surface area (Å²) in [6, 6.07) is -4.69. The van der Waals surface area contributed by atoms with Crippen molar-refractivity contribution in [2.75, 3.05) is 18.6 Å². The molecule has 0 aliphatic carbocycles. The van der Waals surface area contributed by atoms with Crippen molar-refractivity contribution >= 4 is 47.3 Å². The second kappa shape index (κ2) is 15.7. The maximum absolute atomic E-state index is 12.8. The molecule has 33 heavy (non-hydrogen) atoms. The molecule has 0 radical (unpaired) electrons. The SMILES string of the molecule is CSCCC(N)C(=O)NC(CC(N)=O)C(=O)NC(CCCN=C(N)N)C(=O)NC(C)C(=O)O. The summed E-state index contributed by atoms with van der Waals surface area (Å²) in [5.74, 6) is -3.96. The Hall–Kier alpha value is -3.07. The van der Waals surface area contributed by atoms with E-state index in [-0.39, 0.29) is 25.3 Å². The lowest BCUT2D eigenvalue weighted by Gasteiger charge is -2.24. The number of rotatable bonds is 16. The van der Waals surface area contributed by atoms with Crippen molar-refractivity contribution in [3.8, 4) is 0 Å². The van der Waals surface area contributed by atoms with E-state index in [1.807, 2.05) is 6.26 Å². The standard InChI is InChI=1S/C18H34N8O6S/c1-9(17(31)32)24-15(29)11(4-3-6-23-18(21)22)25-16(30)12(8-13(20)27)26-14(28)10(19)5-7-33-2/h9-12H,3-8,19H2,1-2H3,(H2,20,27)(H,24,29)(H,25,30)(H,26,28)(H,31,32)(H4,21,22,23). The first-order chi connectivity index (χ1) is 15.4. The number of aliphatic imine (C=N–C) groups is 1. The normalized spacial score (nSPS) is 14.2. The molecule has 15 heteroatoms. The number of hydrogen-bond donors (Lipinski definition) is 8. The second-order valence-corrected chi connectivity index (χ2v) is 8.18. The third-order valence-corrected chi connectivity index (χ3v) is 4.96. The van der Waals surface area contributed by atoms with Gasteiger partial charge in [-0.2, -0.15) is 11.8 Å². The van der Waals surface area contributed by atoms with E-state index in [0.717, 1.165) is 0 Å². The third-order valence-electron chi connectivity index (χ3n) is 4.32. The molecule has 0 spiro atoms. The zero-order chi connectivity index (χ0) is 25.6. The summed E-state index contributed by atoms with van der Waals surface area (Å²) in [4.78, 5) is 63.9. The first-order valence-corrected chi connectivity index (χ1v) is 11.5. The first-order valence-electron chi connectivity index (χ1n) is 10.1. The quantitative estimate of drug-likeness (QED) is 0.0602. The smallest absolute Gasteiger partial charge is 0.325 e. The number of nitrogens with zero attached hydrogens (tertiary/aromatic N) is 1. The third kappa shape index (κ3) is 13.2. The number of nitrogens with one attached hydrogen (secondary N) is 3. The molecule has 4 amide bonds. The summed E-state index contributed by atoms with van der Waals surface area (Å²) >= 11 is 1.49. The first kappa shape index (κ1) is 29.9. The van der Waals surface area contributed by atoms with Crippen LogP contribution < -0.4 is 38.9 Å². The van der Waals surface area contributed by atoms with Gasteiger partial charge in [0.15, 0.2) is 5.96 Å². The van der Waals surface area contributed by atoms with E-state index in [1.165, 1.54) is 18.7 Å². The van der Waals surface area contributed by atoms with Crippen LogP contribution in [0.5, 0.6) is 0 Å². The van der Waals surface area contributed by atoms with Crippen LogP contribution >= 0.6 is 11.8 Å². The number of thioether (sulfide) groups is 1. The number of amides is 4. The average molecular weight is 491 g/mol. The van der Waals surface area contributed by atoms with Gasteiger partial charge in [-0.3, -0.25) is 29.0 Å². The molecule has 14 nitrogen and oxygen atoms in total. The molecule has 0 rings (SSSR count). The molecule has 0 bridgehead atoms. The zero-order valence-electron chi connectivity index (χ0n) is 18.7. The van der Waals surface area contributed by atoms with E-state index in [2.05, 4.69) is 20.9 Å². The lowest BCUT2D eigenvalue weighted by atomic mass is 10.1. The maximum atomic E-state index is 12.8. The van der Waals surface area contributed by atoms with Crippen LogP contribution in [0.2, 0.25) is 0 Å². The van der Waals surface area contributed by atoms with Gasteiger partial charge in [0.05, 0.1) is 12.5 Å². The van der Waals surface area contributed by atoms with Crippen LogP contribution in [0.1, 0.15) is 32.6 Å². The highest BCUT2D eigenvalue weighted by atomic mass is 32.2. The van der Waals surface area contributed by atoms with Crippen molar-refractivity contribution in [3.63, 3.8) is 0 Å². The van der Waals surface area contributed by atoms with Crippen LogP contribution in [0.25, 0.3) is 0 Å². The molecule has 0 aliphatic rings. The minimum absolute atomic E-state index is 0.0468. The molecule has 4 atom stereocenters. The van der Waals surface area contributed by atoms with Crippen LogP contribution in [0.3, 0.4) is 0 Å². The summed E-state index contributed by atoms with van der Waals surface area (Å²) < 4.78 is 0. The molecule has 4 unspecified atom stereocenters. The Morgan fingerprint density at radius 2 is 1.52 bits per heavy atom. The molecule has 0 aliphatic heterocycles. The largest absolute Gasteiger partial charge is 0.480 e. The Morgan fingerprint density at radius 1 is 0.939 bits per heavy atom. The maximum Gasteiger partial charge on any atom is 0.325 e. The Kier molecular flexibility index (Phi) is 14.2. The number of primary amides is 1. The van der Waals surface area contributed by atoms with Crippen molar-refractivity contribution in [2.45, 2.75) is 56.8 Å². The molecule has 0 saturated heterocycles. The number of guanidine groups is 1. The number of carbonyl (C=O) groups is 5. The van der Waals surface area contributed by atoms with Gasteiger partial charge in [0.25, 0.3) is 0 Å². The molecule has 0 aromatic heterocycles. The van der Waals surface area contributed by atoms with Crippen LogP contribution in [-0.4, -0.2) is 83.4 Å². The predicted octanol–water partition coefficient (Wildman–Crippen LogP) is -3.45.